The summed E-state index contributed by atoms with van der Waals surface area (Å²) in [7, 11) is 1.49. The van der Waals surface area contributed by atoms with Gasteiger partial charge in [0.2, 0.25) is 0 Å². The molecule has 0 fully saturated rings. The van der Waals surface area contributed by atoms with E-state index in [0.717, 1.165) is 28.2 Å². The quantitative estimate of drug-likeness (QED) is 0.445. The van der Waals surface area contributed by atoms with E-state index in [9.17, 15) is 18.4 Å². The van der Waals surface area contributed by atoms with Crippen LogP contribution in [0.15, 0.2) is 54.6 Å². The molecule has 9 heteroatoms. The Morgan fingerprint density at radius 2 is 1.74 bits per heavy atom. The molecule has 0 saturated carbocycles. The van der Waals surface area contributed by atoms with Crippen LogP contribution in [0.2, 0.25) is 0 Å². The van der Waals surface area contributed by atoms with E-state index in [1.165, 1.54) is 31.4 Å². The van der Waals surface area contributed by atoms with Crippen molar-refractivity contribution in [3.8, 4) is 16.9 Å². The van der Waals surface area contributed by atoms with Crippen LogP contribution in [0.3, 0.4) is 0 Å². The second-order valence-electron chi connectivity index (χ2n) is 6.48. The van der Waals surface area contributed by atoms with Crippen molar-refractivity contribution in [2.75, 3.05) is 12.4 Å². The van der Waals surface area contributed by atoms with Crippen LogP contribution in [0, 0.1) is 11.6 Å². The highest BCUT2D eigenvalue weighted by atomic mass is 32.1. The van der Waals surface area contributed by atoms with Gasteiger partial charge in [-0.2, -0.15) is 0 Å². The number of methoxy groups -OCH3 is 1. The lowest BCUT2D eigenvalue weighted by molar-refractivity contribution is 0.0696. The van der Waals surface area contributed by atoms with Gasteiger partial charge >= 0.3 is 5.97 Å². The van der Waals surface area contributed by atoms with Crippen LogP contribution >= 0.6 is 11.3 Å². The molecule has 0 saturated heterocycles. The number of aromatic carboxylic acids is 1. The summed E-state index contributed by atoms with van der Waals surface area (Å²) in [4.78, 5) is 27.9. The van der Waals surface area contributed by atoms with E-state index in [-0.39, 0.29) is 16.3 Å². The maximum atomic E-state index is 14.7. The van der Waals surface area contributed by atoms with Crippen molar-refractivity contribution < 1.29 is 28.2 Å². The number of carbonyl (C=O) groups excluding carboxylic acids is 1. The minimum atomic E-state index is -1.16. The van der Waals surface area contributed by atoms with Crippen molar-refractivity contribution in [3.05, 3.63) is 77.4 Å². The molecular weight excluding hydrogens is 426 g/mol. The molecule has 0 aliphatic carbocycles. The molecule has 3 aromatic carbocycles. The number of anilines is 1. The van der Waals surface area contributed by atoms with Crippen molar-refractivity contribution in [1.82, 2.24) is 4.98 Å². The van der Waals surface area contributed by atoms with E-state index in [4.69, 9.17) is 9.84 Å². The number of amides is 1. The number of fused-ring (bicyclic) bond motifs is 1. The number of nitrogens with zero attached hydrogens (tertiary/aromatic N) is 1. The number of hydrogen-bond acceptors (Lipinski definition) is 5. The van der Waals surface area contributed by atoms with Crippen molar-refractivity contribution in [1.29, 1.82) is 0 Å². The molecule has 1 aromatic heterocycles. The number of benzene rings is 3. The Labute approximate surface area is 178 Å². The third kappa shape index (κ3) is 3.95. The Morgan fingerprint density at radius 3 is 2.42 bits per heavy atom. The molecule has 2 N–H and O–H groups in total. The Morgan fingerprint density at radius 1 is 1.03 bits per heavy atom. The van der Waals surface area contributed by atoms with Crippen molar-refractivity contribution in [2.45, 2.75) is 0 Å². The summed E-state index contributed by atoms with van der Waals surface area (Å²) >= 11 is 1.14. The number of carboxylic acids is 1. The van der Waals surface area contributed by atoms with Crippen LogP contribution in [-0.2, 0) is 0 Å². The number of carbonyl (C=O) groups is 2. The SMILES string of the molecule is COc1cccc2sc(NC(=O)c3c(F)cc(-c4cccc(C(=O)O)c4)cc3F)nc12. The van der Waals surface area contributed by atoms with Gasteiger partial charge in [-0.15, -0.1) is 0 Å². The Kier molecular flexibility index (Phi) is 5.35. The molecule has 4 rings (SSSR count). The van der Waals surface area contributed by atoms with Gasteiger partial charge in [-0.25, -0.2) is 18.6 Å². The first-order valence-electron chi connectivity index (χ1n) is 8.95. The number of ether oxygens (including phenoxy) is 1. The van der Waals surface area contributed by atoms with Gasteiger partial charge in [0, 0.05) is 0 Å². The zero-order valence-corrected chi connectivity index (χ0v) is 16.8. The van der Waals surface area contributed by atoms with E-state index in [1.807, 2.05) is 0 Å². The van der Waals surface area contributed by atoms with Crippen LogP contribution in [0.4, 0.5) is 13.9 Å². The van der Waals surface area contributed by atoms with E-state index >= 15 is 0 Å². The number of carboxylic acid groups (broad SMARTS) is 1. The molecule has 6 nitrogen and oxygen atoms in total. The highest BCUT2D eigenvalue weighted by Gasteiger charge is 2.21. The van der Waals surface area contributed by atoms with Crippen molar-refractivity contribution in [3.63, 3.8) is 0 Å². The fourth-order valence-electron chi connectivity index (χ4n) is 3.09. The van der Waals surface area contributed by atoms with Crippen LogP contribution in [0.25, 0.3) is 21.3 Å². The van der Waals surface area contributed by atoms with Crippen LogP contribution in [-0.4, -0.2) is 29.1 Å². The van der Waals surface area contributed by atoms with Gasteiger partial charge < -0.3 is 9.84 Å². The maximum absolute atomic E-state index is 14.7. The number of aromatic nitrogens is 1. The number of halogens is 2. The van der Waals surface area contributed by atoms with Crippen LogP contribution < -0.4 is 10.1 Å². The molecule has 31 heavy (non-hydrogen) atoms. The summed E-state index contributed by atoms with van der Waals surface area (Å²) in [6.45, 7) is 0. The number of para-hydroxylation sites is 1. The summed E-state index contributed by atoms with van der Waals surface area (Å²) in [5, 5.41) is 11.7. The lowest BCUT2D eigenvalue weighted by Crippen LogP contribution is -2.16. The maximum Gasteiger partial charge on any atom is 0.335 e. The molecule has 4 aromatic rings. The average Bonchev–Trinajstić information content (AvgIpc) is 3.15. The second-order valence-corrected chi connectivity index (χ2v) is 7.51. The highest BCUT2D eigenvalue weighted by molar-refractivity contribution is 7.22. The minimum Gasteiger partial charge on any atom is -0.494 e. The largest absolute Gasteiger partial charge is 0.494 e. The highest BCUT2D eigenvalue weighted by Crippen LogP contribution is 2.33. The predicted molar refractivity (Wildman–Crippen MR) is 113 cm³/mol. The fourth-order valence-corrected chi connectivity index (χ4v) is 3.97. The molecule has 156 valence electrons. The standard InChI is InChI=1S/C22H14F2N2O4S/c1-30-16-6-3-7-17-19(16)25-22(31-17)26-20(27)18-14(23)9-13(10-15(18)24)11-4-2-5-12(8-11)21(28)29/h2-10H,1H3,(H,28,29)(H,25,26,27). The third-order valence-electron chi connectivity index (χ3n) is 4.53. The zero-order valence-electron chi connectivity index (χ0n) is 16.0. The number of hydrogen-bond donors (Lipinski definition) is 2. The smallest absolute Gasteiger partial charge is 0.335 e. The van der Waals surface area contributed by atoms with Gasteiger partial charge in [-0.3, -0.25) is 10.1 Å². The van der Waals surface area contributed by atoms with Gasteiger partial charge in [0.25, 0.3) is 5.91 Å². The van der Waals surface area contributed by atoms with Gasteiger partial charge in [-0.05, 0) is 47.5 Å². The van der Waals surface area contributed by atoms with E-state index in [2.05, 4.69) is 10.3 Å². The van der Waals surface area contributed by atoms with Crippen LogP contribution in [0.5, 0.6) is 5.75 Å². The number of nitrogens with one attached hydrogen (secondary N) is 1. The lowest BCUT2D eigenvalue weighted by Gasteiger charge is -2.09. The van der Waals surface area contributed by atoms with Gasteiger partial charge in [0.1, 0.15) is 28.5 Å². The molecular formula is C22H14F2N2O4S. The molecule has 0 spiro atoms. The molecule has 0 unspecified atom stereocenters. The summed E-state index contributed by atoms with van der Waals surface area (Å²) in [6.07, 6.45) is 0. The molecule has 1 amide bonds. The molecule has 1 heterocycles. The molecule has 0 radical (unpaired) electrons. The van der Waals surface area contributed by atoms with Crippen molar-refractivity contribution in [2.24, 2.45) is 0 Å². The van der Waals surface area contributed by atoms with E-state index in [1.54, 1.807) is 18.2 Å². The van der Waals surface area contributed by atoms with Gasteiger partial charge in [0.05, 0.1) is 17.4 Å². The zero-order chi connectivity index (χ0) is 22.1. The summed E-state index contributed by atoms with van der Waals surface area (Å²) in [5.41, 5.74) is 0.165. The summed E-state index contributed by atoms with van der Waals surface area (Å²) < 4.78 is 35.3. The topological polar surface area (TPSA) is 88.5 Å². The van der Waals surface area contributed by atoms with Gasteiger partial charge in [-0.1, -0.05) is 29.5 Å². The lowest BCUT2D eigenvalue weighted by atomic mass is 10.0. The third-order valence-corrected chi connectivity index (χ3v) is 5.47. The van der Waals surface area contributed by atoms with Gasteiger partial charge in [0.15, 0.2) is 5.13 Å². The first-order valence-corrected chi connectivity index (χ1v) is 9.76. The van der Waals surface area contributed by atoms with E-state index in [0.29, 0.717) is 16.8 Å². The summed E-state index contributed by atoms with van der Waals surface area (Å²) in [5.74, 6) is -3.79. The van der Waals surface area contributed by atoms with E-state index < -0.39 is 29.1 Å². The molecule has 0 atom stereocenters. The molecule has 0 bridgehead atoms. The molecule has 0 aliphatic rings. The second kappa shape index (κ2) is 8.11. The minimum absolute atomic E-state index is 0.0219. The number of rotatable bonds is 5. The van der Waals surface area contributed by atoms with Crippen molar-refractivity contribution >= 4 is 38.6 Å². The first-order chi connectivity index (χ1) is 14.9. The summed E-state index contributed by atoms with van der Waals surface area (Å²) in [6, 6.07) is 12.9. The number of thiazole rings is 1. The average molecular weight is 440 g/mol. The fraction of sp³-hybridized carbons (Fsp3) is 0.0455. The monoisotopic (exact) mass is 440 g/mol. The van der Waals surface area contributed by atoms with Crippen LogP contribution in [0.1, 0.15) is 20.7 Å². The molecule has 0 aliphatic heterocycles. The predicted octanol–water partition coefficient (Wildman–Crippen LogP) is 5.20. The Bertz CT molecular complexity index is 1310. The Balaban J connectivity index is 1.65. The Hall–Kier alpha value is -3.85. The first kappa shape index (κ1) is 20.4. The normalized spacial score (nSPS) is 10.8.